The lowest BCUT2D eigenvalue weighted by Gasteiger charge is -2.29. The van der Waals surface area contributed by atoms with Gasteiger partial charge in [-0.25, -0.2) is 4.79 Å². The van der Waals surface area contributed by atoms with Crippen LogP contribution in [0.25, 0.3) is 10.8 Å². The van der Waals surface area contributed by atoms with Crippen LogP contribution in [0.4, 0.5) is 4.79 Å². The average Bonchev–Trinajstić information content (AvgIpc) is 3.46. The topological polar surface area (TPSA) is 90.7 Å². The molecule has 2 atom stereocenters. The lowest BCUT2D eigenvalue weighted by atomic mass is 9.86. The summed E-state index contributed by atoms with van der Waals surface area (Å²) in [7, 11) is 0. The molecule has 6 nitrogen and oxygen atoms in total. The maximum atomic E-state index is 13.5. The monoisotopic (exact) mass is 486 g/mol. The summed E-state index contributed by atoms with van der Waals surface area (Å²) in [5.41, 5.74) is 8.60. The minimum atomic E-state index is -0.803. The van der Waals surface area contributed by atoms with Gasteiger partial charge in [0.1, 0.15) is 18.0 Å². The molecular formula is C30H34N2O4. The maximum absolute atomic E-state index is 13.5. The molecule has 1 aliphatic heterocycles. The van der Waals surface area contributed by atoms with E-state index in [4.69, 9.17) is 15.2 Å². The fraction of sp³-hybridized carbons (Fsp3) is 0.400. The zero-order valence-electron chi connectivity index (χ0n) is 21.4. The van der Waals surface area contributed by atoms with Crippen LogP contribution in [0.2, 0.25) is 0 Å². The van der Waals surface area contributed by atoms with Crippen molar-refractivity contribution in [3.63, 3.8) is 0 Å². The maximum Gasteiger partial charge on any atom is 0.404 e. The van der Waals surface area contributed by atoms with Crippen molar-refractivity contribution >= 4 is 22.8 Å². The summed E-state index contributed by atoms with van der Waals surface area (Å²) in [5.74, 6) is 0.560. The minimum absolute atomic E-state index is 0.0700. The number of ether oxygens (including phenoxy) is 2. The summed E-state index contributed by atoms with van der Waals surface area (Å²) in [6.07, 6.45) is 1.44. The lowest BCUT2D eigenvalue weighted by Crippen LogP contribution is -2.39. The first kappa shape index (κ1) is 24.2. The predicted octanol–water partition coefficient (Wildman–Crippen LogP) is 5.77. The minimum Gasteiger partial charge on any atom is -0.486 e. The molecule has 188 valence electrons. The SMILES string of the molecule is Cc1cc2c(cc1C(=O)NC1(c3cccc4ccccc34)CC1)OC(C(CC(C)(C)C)OC(N)=O)C2. The van der Waals surface area contributed by atoms with E-state index in [2.05, 4.69) is 56.4 Å². The number of nitrogens with two attached hydrogens (primary N) is 1. The highest BCUT2D eigenvalue weighted by Crippen LogP contribution is 2.48. The van der Waals surface area contributed by atoms with Crippen molar-refractivity contribution in [2.75, 3.05) is 0 Å². The van der Waals surface area contributed by atoms with E-state index in [9.17, 15) is 9.59 Å². The third kappa shape index (κ3) is 4.77. The smallest absolute Gasteiger partial charge is 0.404 e. The lowest BCUT2D eigenvalue weighted by molar-refractivity contribution is 0.00765. The van der Waals surface area contributed by atoms with Crippen molar-refractivity contribution in [2.45, 2.75) is 71.1 Å². The summed E-state index contributed by atoms with van der Waals surface area (Å²) in [6, 6.07) is 18.4. The predicted molar refractivity (Wildman–Crippen MR) is 140 cm³/mol. The Bertz CT molecular complexity index is 1330. The van der Waals surface area contributed by atoms with E-state index in [0.717, 1.165) is 29.5 Å². The molecule has 0 spiro atoms. The van der Waals surface area contributed by atoms with Gasteiger partial charge in [-0.2, -0.15) is 0 Å². The van der Waals surface area contributed by atoms with Gasteiger partial charge in [-0.15, -0.1) is 0 Å². The highest BCUT2D eigenvalue weighted by atomic mass is 16.6. The van der Waals surface area contributed by atoms with Crippen LogP contribution >= 0.6 is 0 Å². The Balaban J connectivity index is 1.37. The molecule has 2 aliphatic rings. The molecule has 1 aliphatic carbocycles. The highest BCUT2D eigenvalue weighted by Gasteiger charge is 2.47. The van der Waals surface area contributed by atoms with Crippen LogP contribution in [0.1, 0.15) is 67.1 Å². The number of carbonyl (C=O) groups is 2. The van der Waals surface area contributed by atoms with Crippen molar-refractivity contribution in [1.82, 2.24) is 5.32 Å². The molecule has 3 aromatic rings. The Labute approximate surface area is 212 Å². The number of primary amides is 1. The number of rotatable bonds is 6. The molecule has 2 unspecified atom stereocenters. The summed E-state index contributed by atoms with van der Waals surface area (Å²) >= 11 is 0. The van der Waals surface area contributed by atoms with Crippen molar-refractivity contribution in [3.8, 4) is 5.75 Å². The van der Waals surface area contributed by atoms with E-state index in [0.29, 0.717) is 24.2 Å². The molecule has 1 saturated carbocycles. The number of amides is 2. The van der Waals surface area contributed by atoms with Gasteiger partial charge in [-0.3, -0.25) is 4.79 Å². The normalized spacial score (nSPS) is 18.7. The number of fused-ring (bicyclic) bond motifs is 2. The van der Waals surface area contributed by atoms with Crippen molar-refractivity contribution in [1.29, 1.82) is 0 Å². The van der Waals surface area contributed by atoms with Crippen LogP contribution in [-0.4, -0.2) is 24.2 Å². The van der Waals surface area contributed by atoms with Crippen molar-refractivity contribution < 1.29 is 19.1 Å². The van der Waals surface area contributed by atoms with Gasteiger partial charge in [0.05, 0.1) is 5.54 Å². The third-order valence-corrected chi connectivity index (χ3v) is 7.26. The van der Waals surface area contributed by atoms with E-state index in [1.807, 2.05) is 31.2 Å². The zero-order chi connectivity index (χ0) is 25.7. The quantitative estimate of drug-likeness (QED) is 0.463. The largest absolute Gasteiger partial charge is 0.486 e. The first-order chi connectivity index (χ1) is 17.0. The van der Waals surface area contributed by atoms with Crippen LogP contribution in [-0.2, 0) is 16.7 Å². The summed E-state index contributed by atoms with van der Waals surface area (Å²) in [6.45, 7) is 8.21. The van der Waals surface area contributed by atoms with Gasteiger partial charge >= 0.3 is 6.09 Å². The van der Waals surface area contributed by atoms with Crippen LogP contribution in [0.15, 0.2) is 54.6 Å². The van der Waals surface area contributed by atoms with Crippen LogP contribution in [0.3, 0.4) is 0 Å². The first-order valence-electron chi connectivity index (χ1n) is 12.6. The Morgan fingerprint density at radius 1 is 1.14 bits per heavy atom. The average molecular weight is 487 g/mol. The van der Waals surface area contributed by atoms with Crippen LogP contribution in [0.5, 0.6) is 5.75 Å². The van der Waals surface area contributed by atoms with E-state index in [1.165, 1.54) is 10.8 Å². The molecule has 0 bridgehead atoms. The van der Waals surface area contributed by atoms with Crippen LogP contribution < -0.4 is 15.8 Å². The molecule has 0 saturated heterocycles. The standard InChI is InChI=1S/C30H34N2O4/c1-18-14-20-15-25(26(36-28(31)34)17-29(2,3)4)35-24(20)16-22(18)27(33)32-30(12-13-30)23-11-7-9-19-8-5-6-10-21(19)23/h5-11,14,16,25-26H,12-13,15,17H2,1-4H3,(H2,31,34)(H,32,33). The zero-order valence-corrected chi connectivity index (χ0v) is 21.4. The number of hydrogen-bond acceptors (Lipinski definition) is 4. The Kier molecular flexibility index (Phi) is 5.93. The Morgan fingerprint density at radius 3 is 2.56 bits per heavy atom. The number of aryl methyl sites for hydroxylation is 1. The van der Waals surface area contributed by atoms with Gasteiger partial charge < -0.3 is 20.5 Å². The number of carbonyl (C=O) groups excluding carboxylic acids is 2. The molecule has 0 aromatic heterocycles. The second kappa shape index (κ2) is 8.84. The fourth-order valence-corrected chi connectivity index (χ4v) is 5.41. The van der Waals surface area contributed by atoms with E-state index < -0.39 is 12.2 Å². The molecule has 5 rings (SSSR count). The Hall–Kier alpha value is -3.54. The molecule has 2 amide bonds. The van der Waals surface area contributed by atoms with E-state index in [-0.39, 0.29) is 23.0 Å². The van der Waals surface area contributed by atoms with Gasteiger partial charge in [-0.05, 0) is 65.1 Å². The Morgan fingerprint density at radius 2 is 1.86 bits per heavy atom. The number of hydrogen-bond donors (Lipinski definition) is 2. The fourth-order valence-electron chi connectivity index (χ4n) is 5.41. The van der Waals surface area contributed by atoms with E-state index in [1.54, 1.807) is 0 Å². The molecular weight excluding hydrogens is 452 g/mol. The first-order valence-corrected chi connectivity index (χ1v) is 12.6. The summed E-state index contributed by atoms with van der Waals surface area (Å²) in [5, 5.41) is 5.68. The van der Waals surface area contributed by atoms with Crippen molar-refractivity contribution in [3.05, 3.63) is 76.9 Å². The number of benzene rings is 3. The molecule has 0 radical (unpaired) electrons. The molecule has 3 N–H and O–H groups in total. The van der Waals surface area contributed by atoms with Crippen molar-refractivity contribution in [2.24, 2.45) is 11.1 Å². The third-order valence-electron chi connectivity index (χ3n) is 7.26. The second-order valence-corrected chi connectivity index (χ2v) is 11.4. The number of nitrogens with one attached hydrogen (secondary N) is 1. The molecule has 6 heteroatoms. The van der Waals surface area contributed by atoms with Gasteiger partial charge in [0, 0.05) is 12.0 Å². The summed E-state index contributed by atoms with van der Waals surface area (Å²) < 4.78 is 11.7. The second-order valence-electron chi connectivity index (χ2n) is 11.4. The molecule has 36 heavy (non-hydrogen) atoms. The molecule has 1 fully saturated rings. The van der Waals surface area contributed by atoms with Gasteiger partial charge in [-0.1, -0.05) is 69.3 Å². The van der Waals surface area contributed by atoms with Gasteiger partial charge in [0.15, 0.2) is 0 Å². The molecule has 1 heterocycles. The highest BCUT2D eigenvalue weighted by molar-refractivity contribution is 5.98. The van der Waals surface area contributed by atoms with Gasteiger partial charge in [0.2, 0.25) is 0 Å². The molecule has 3 aromatic carbocycles. The summed E-state index contributed by atoms with van der Waals surface area (Å²) in [4.78, 5) is 25.1. The van der Waals surface area contributed by atoms with Crippen LogP contribution in [0, 0.1) is 12.3 Å². The van der Waals surface area contributed by atoms with Gasteiger partial charge in [0.25, 0.3) is 5.91 Å². The van der Waals surface area contributed by atoms with E-state index >= 15 is 0 Å².